The fourth-order valence-corrected chi connectivity index (χ4v) is 1.71. The number of aromatic hydroxyl groups is 1. The van der Waals surface area contributed by atoms with Gasteiger partial charge in [-0.05, 0) is 0 Å². The predicted molar refractivity (Wildman–Crippen MR) is 59.5 cm³/mol. The lowest BCUT2D eigenvalue weighted by molar-refractivity contribution is -0.392. The van der Waals surface area contributed by atoms with Crippen LogP contribution in [-0.4, -0.2) is 19.9 Å². The Kier molecular flexibility index (Phi) is 2.81. The van der Waals surface area contributed by atoms with Crippen LogP contribution in [0.5, 0.6) is 5.75 Å². The Hall–Kier alpha value is -3.11. The van der Waals surface area contributed by atoms with Crippen molar-refractivity contribution in [1.82, 2.24) is 4.98 Å². The van der Waals surface area contributed by atoms with Gasteiger partial charge in [-0.1, -0.05) is 0 Å². The van der Waals surface area contributed by atoms with Crippen molar-refractivity contribution in [2.24, 2.45) is 0 Å². The number of nitro groups is 2. The number of nitrogens with zero attached hydrogens (tertiary/aromatic N) is 2. The first-order valence-electron chi connectivity index (χ1n) is 4.81. The van der Waals surface area contributed by atoms with E-state index >= 15 is 0 Å². The lowest BCUT2D eigenvalue weighted by Gasteiger charge is -2.04. The normalized spacial score (nSPS) is 10.7. The van der Waals surface area contributed by atoms with Gasteiger partial charge in [-0.15, -0.1) is 0 Å². The molecule has 0 aliphatic heterocycles. The van der Waals surface area contributed by atoms with Crippen molar-refractivity contribution in [2.45, 2.75) is 0 Å². The van der Waals surface area contributed by atoms with E-state index in [-0.39, 0.29) is 0 Å². The molecule has 9 nitrogen and oxygen atoms in total. The molecule has 0 radical (unpaired) electrons. The second-order valence-electron chi connectivity index (χ2n) is 3.61. The molecule has 1 aromatic carbocycles. The van der Waals surface area contributed by atoms with E-state index in [2.05, 4.69) is 0 Å². The number of nitrogens with one attached hydrogen (secondary N) is 1. The van der Waals surface area contributed by atoms with Gasteiger partial charge in [0.2, 0.25) is 5.82 Å². The lowest BCUT2D eigenvalue weighted by atomic mass is 10.1. The Morgan fingerprint density at radius 3 is 2.20 bits per heavy atom. The summed E-state index contributed by atoms with van der Waals surface area (Å²) in [6.07, 6.45) is 0. The fraction of sp³-hybridized carbons (Fsp3) is 0. The molecule has 0 bridgehead atoms. The van der Waals surface area contributed by atoms with Gasteiger partial charge in [0.05, 0.1) is 15.4 Å². The topological polar surface area (TPSA) is 139 Å². The van der Waals surface area contributed by atoms with Crippen molar-refractivity contribution < 1.29 is 23.7 Å². The zero-order valence-corrected chi connectivity index (χ0v) is 9.22. The minimum atomic E-state index is -1.93. The van der Waals surface area contributed by atoms with Crippen LogP contribution in [0.2, 0.25) is 0 Å². The van der Waals surface area contributed by atoms with E-state index in [4.69, 9.17) is 0 Å². The Bertz CT molecular complexity index is 831. The van der Waals surface area contributed by atoms with Crippen LogP contribution in [-0.2, 0) is 0 Å². The van der Waals surface area contributed by atoms with Crippen LogP contribution < -0.4 is 5.56 Å². The van der Waals surface area contributed by atoms with Crippen LogP contribution in [0.4, 0.5) is 20.2 Å². The Balaban J connectivity index is 3.21. The van der Waals surface area contributed by atoms with Crippen LogP contribution in [0.3, 0.4) is 0 Å². The van der Waals surface area contributed by atoms with E-state index in [1.807, 2.05) is 0 Å². The molecule has 2 aromatic rings. The molecule has 2 rings (SSSR count). The van der Waals surface area contributed by atoms with E-state index in [1.54, 1.807) is 4.98 Å². The number of pyridine rings is 1. The molecule has 20 heavy (non-hydrogen) atoms. The molecule has 0 saturated heterocycles. The van der Waals surface area contributed by atoms with Crippen LogP contribution in [0.1, 0.15) is 0 Å². The standard InChI is InChI=1S/C9H3F2N3O6/c10-2-1-3-4(6(5(2)11)13(17)18)7(14(19)20)8(15)9(16)12-3/h1,15H,(H,12,16). The van der Waals surface area contributed by atoms with Gasteiger partial charge in [0.15, 0.2) is 11.2 Å². The number of hydrogen-bond acceptors (Lipinski definition) is 6. The zero-order valence-electron chi connectivity index (χ0n) is 9.22. The Morgan fingerprint density at radius 1 is 1.15 bits per heavy atom. The largest absolute Gasteiger partial charge is 0.498 e. The van der Waals surface area contributed by atoms with Crippen molar-refractivity contribution in [3.63, 3.8) is 0 Å². The first-order chi connectivity index (χ1) is 9.25. The maximum Gasteiger partial charge on any atom is 0.332 e. The van der Waals surface area contributed by atoms with Gasteiger partial charge in [-0.2, -0.15) is 4.39 Å². The molecule has 1 heterocycles. The summed E-state index contributed by atoms with van der Waals surface area (Å²) in [5.41, 5.74) is -4.94. The first-order valence-corrected chi connectivity index (χ1v) is 4.81. The van der Waals surface area contributed by atoms with E-state index in [0.717, 1.165) is 0 Å². The van der Waals surface area contributed by atoms with E-state index in [1.165, 1.54) is 0 Å². The number of aromatic amines is 1. The molecule has 0 aliphatic rings. The van der Waals surface area contributed by atoms with Gasteiger partial charge in [0.1, 0.15) is 0 Å². The highest BCUT2D eigenvalue weighted by molar-refractivity contribution is 5.98. The second kappa shape index (κ2) is 4.22. The van der Waals surface area contributed by atoms with E-state index in [0.29, 0.717) is 6.07 Å². The third-order valence-corrected chi connectivity index (χ3v) is 2.48. The monoisotopic (exact) mass is 287 g/mol. The minimum absolute atomic E-state index is 0.353. The highest BCUT2D eigenvalue weighted by Crippen LogP contribution is 2.38. The Morgan fingerprint density at radius 2 is 1.70 bits per heavy atom. The van der Waals surface area contributed by atoms with Crippen molar-refractivity contribution in [3.8, 4) is 5.75 Å². The molecule has 0 saturated carbocycles. The van der Waals surface area contributed by atoms with Gasteiger partial charge in [0, 0.05) is 6.07 Å². The summed E-state index contributed by atoms with van der Waals surface area (Å²) in [6.45, 7) is 0. The number of H-pyrrole nitrogens is 1. The zero-order chi connectivity index (χ0) is 15.2. The molecule has 0 aliphatic carbocycles. The van der Waals surface area contributed by atoms with Crippen molar-refractivity contribution >= 4 is 22.3 Å². The van der Waals surface area contributed by atoms with Crippen LogP contribution in [0.25, 0.3) is 10.9 Å². The van der Waals surface area contributed by atoms with Crippen LogP contribution in [0.15, 0.2) is 10.9 Å². The molecule has 104 valence electrons. The molecule has 0 unspecified atom stereocenters. The highest BCUT2D eigenvalue weighted by atomic mass is 19.2. The lowest BCUT2D eigenvalue weighted by Crippen LogP contribution is -2.10. The van der Waals surface area contributed by atoms with Crippen molar-refractivity contribution in [2.75, 3.05) is 0 Å². The quantitative estimate of drug-likeness (QED) is 0.630. The number of halogens is 2. The molecule has 11 heteroatoms. The highest BCUT2D eigenvalue weighted by Gasteiger charge is 2.33. The fourth-order valence-electron chi connectivity index (χ4n) is 1.71. The van der Waals surface area contributed by atoms with E-state index < -0.39 is 55.1 Å². The SMILES string of the molecule is O=c1[nH]c2cc(F)c(F)c([N+](=O)[O-])c2c([N+](=O)[O-])c1O. The van der Waals surface area contributed by atoms with Gasteiger partial charge in [-0.25, -0.2) is 4.39 Å². The summed E-state index contributed by atoms with van der Waals surface area (Å²) >= 11 is 0. The Labute approximate surface area is 106 Å². The average Bonchev–Trinajstić information content (AvgIpc) is 2.32. The number of nitro benzene ring substituents is 1. The van der Waals surface area contributed by atoms with E-state index in [9.17, 15) is 38.9 Å². The first kappa shape index (κ1) is 13.3. The maximum atomic E-state index is 13.4. The predicted octanol–water partition coefficient (Wildman–Crippen LogP) is 1.33. The minimum Gasteiger partial charge on any atom is -0.498 e. The number of aromatic nitrogens is 1. The van der Waals surface area contributed by atoms with Gasteiger partial charge >= 0.3 is 11.4 Å². The van der Waals surface area contributed by atoms with Gasteiger partial charge in [0.25, 0.3) is 11.3 Å². The average molecular weight is 287 g/mol. The summed E-state index contributed by atoms with van der Waals surface area (Å²) in [5.74, 6) is -5.03. The molecule has 0 spiro atoms. The van der Waals surface area contributed by atoms with Crippen LogP contribution in [0, 0.1) is 31.9 Å². The number of rotatable bonds is 2. The molecule has 0 fully saturated rings. The van der Waals surface area contributed by atoms with Crippen LogP contribution >= 0.6 is 0 Å². The number of hydrogen-bond donors (Lipinski definition) is 2. The van der Waals surface area contributed by atoms with Gasteiger partial charge < -0.3 is 10.1 Å². The molecule has 0 atom stereocenters. The number of benzene rings is 1. The maximum absolute atomic E-state index is 13.4. The smallest absolute Gasteiger partial charge is 0.332 e. The van der Waals surface area contributed by atoms with Crippen molar-refractivity contribution in [3.05, 3.63) is 48.3 Å². The molecule has 1 aromatic heterocycles. The summed E-state index contributed by atoms with van der Waals surface area (Å²) in [6, 6.07) is 0.353. The third kappa shape index (κ3) is 1.72. The molecule has 0 amide bonds. The summed E-state index contributed by atoms with van der Waals surface area (Å²) < 4.78 is 26.6. The second-order valence-corrected chi connectivity index (χ2v) is 3.61. The summed E-state index contributed by atoms with van der Waals surface area (Å²) in [5, 5.41) is 29.9. The number of fused-ring (bicyclic) bond motifs is 1. The molecule has 2 N–H and O–H groups in total. The van der Waals surface area contributed by atoms with Gasteiger partial charge in [-0.3, -0.25) is 25.0 Å². The third-order valence-electron chi connectivity index (χ3n) is 2.48. The summed E-state index contributed by atoms with van der Waals surface area (Å²) in [4.78, 5) is 31.9. The summed E-state index contributed by atoms with van der Waals surface area (Å²) in [7, 11) is 0. The molecular weight excluding hydrogens is 284 g/mol. The molecular formula is C9H3F2N3O6. The van der Waals surface area contributed by atoms with Crippen molar-refractivity contribution in [1.29, 1.82) is 0 Å².